The van der Waals surface area contributed by atoms with Crippen molar-refractivity contribution in [2.75, 3.05) is 5.32 Å². The number of thiazole rings is 1. The van der Waals surface area contributed by atoms with Gasteiger partial charge in [0.05, 0.1) is 5.69 Å². The van der Waals surface area contributed by atoms with Gasteiger partial charge in [0, 0.05) is 33.5 Å². The topological polar surface area (TPSA) is 24.9 Å². The number of benzene rings is 3. The van der Waals surface area contributed by atoms with Crippen molar-refractivity contribution in [3.63, 3.8) is 0 Å². The maximum Gasteiger partial charge on any atom is 0.183 e. The first-order chi connectivity index (χ1) is 13.7. The Balaban J connectivity index is 1.59. The van der Waals surface area contributed by atoms with Gasteiger partial charge in [-0.2, -0.15) is 0 Å². The molecule has 28 heavy (non-hydrogen) atoms. The molecule has 1 heterocycles. The average molecular weight is 425 g/mol. The van der Waals surface area contributed by atoms with Crippen molar-refractivity contribution >= 4 is 39.7 Å². The molecule has 0 atom stereocenters. The van der Waals surface area contributed by atoms with Gasteiger partial charge in [-0.05, 0) is 35.4 Å². The molecule has 1 N–H and O–H groups in total. The number of halogens is 2. The summed E-state index contributed by atoms with van der Waals surface area (Å²) in [4.78, 5) is 6.11. The Bertz CT molecular complexity index is 1040. The summed E-state index contributed by atoms with van der Waals surface area (Å²) in [5.41, 5.74) is 4.54. The number of rotatable bonds is 6. The van der Waals surface area contributed by atoms with Crippen LogP contribution < -0.4 is 5.32 Å². The highest BCUT2D eigenvalue weighted by molar-refractivity contribution is 7.16. The molecular weight excluding hydrogens is 407 g/mol. The van der Waals surface area contributed by atoms with Crippen LogP contribution in [0, 0.1) is 0 Å². The minimum absolute atomic E-state index is 0.708. The minimum atomic E-state index is 0.708. The predicted octanol–water partition coefficient (Wildman–Crippen LogP) is 7.32. The Kier molecular flexibility index (Phi) is 5.96. The fourth-order valence-electron chi connectivity index (χ4n) is 2.94. The molecule has 140 valence electrons. The third-order valence-electron chi connectivity index (χ3n) is 4.38. The second-order valence-corrected chi connectivity index (χ2v) is 8.40. The molecule has 0 unspecified atom stereocenters. The van der Waals surface area contributed by atoms with E-state index >= 15 is 0 Å². The van der Waals surface area contributed by atoms with E-state index in [-0.39, 0.29) is 0 Å². The fraction of sp³-hybridized carbons (Fsp3) is 0.0870. The second-order valence-electron chi connectivity index (χ2n) is 6.44. The monoisotopic (exact) mass is 424 g/mol. The van der Waals surface area contributed by atoms with E-state index in [1.165, 1.54) is 16.0 Å². The van der Waals surface area contributed by atoms with Crippen LogP contribution in [0.15, 0.2) is 78.9 Å². The Morgan fingerprint density at radius 1 is 0.750 bits per heavy atom. The molecule has 1 aromatic heterocycles. The number of hydrogen-bond donors (Lipinski definition) is 1. The largest absolute Gasteiger partial charge is 0.357 e. The Morgan fingerprint density at radius 3 is 2.00 bits per heavy atom. The van der Waals surface area contributed by atoms with Crippen LogP contribution in [0.2, 0.25) is 10.0 Å². The number of anilines is 1. The van der Waals surface area contributed by atoms with E-state index in [4.69, 9.17) is 28.2 Å². The summed E-state index contributed by atoms with van der Waals surface area (Å²) in [5, 5.41) is 5.86. The predicted molar refractivity (Wildman–Crippen MR) is 121 cm³/mol. The summed E-state index contributed by atoms with van der Waals surface area (Å²) in [7, 11) is 0. The smallest absolute Gasteiger partial charge is 0.183 e. The molecule has 0 radical (unpaired) electrons. The molecule has 4 rings (SSSR count). The fourth-order valence-corrected chi connectivity index (χ4v) is 4.20. The number of nitrogens with one attached hydrogen (secondary N) is 1. The van der Waals surface area contributed by atoms with Gasteiger partial charge in [-0.1, -0.05) is 77.8 Å². The highest BCUT2D eigenvalue weighted by Gasteiger charge is 2.14. The van der Waals surface area contributed by atoms with Crippen LogP contribution in [0.25, 0.3) is 11.3 Å². The molecular formula is C23H18Cl2N2S. The summed E-state index contributed by atoms with van der Waals surface area (Å²) in [5.74, 6) is 0. The summed E-state index contributed by atoms with van der Waals surface area (Å²) in [6.45, 7) is 0.708. The van der Waals surface area contributed by atoms with E-state index in [1.54, 1.807) is 11.3 Å². The van der Waals surface area contributed by atoms with Crippen molar-refractivity contribution in [3.05, 3.63) is 105 Å². The van der Waals surface area contributed by atoms with Gasteiger partial charge in [-0.15, -0.1) is 11.3 Å². The van der Waals surface area contributed by atoms with Crippen molar-refractivity contribution in [1.82, 2.24) is 4.98 Å². The van der Waals surface area contributed by atoms with Crippen LogP contribution in [-0.4, -0.2) is 4.98 Å². The normalized spacial score (nSPS) is 10.8. The molecule has 0 amide bonds. The highest BCUT2D eigenvalue weighted by Crippen LogP contribution is 2.33. The minimum Gasteiger partial charge on any atom is -0.357 e. The first-order valence-corrected chi connectivity index (χ1v) is 10.5. The standard InChI is InChI=1S/C23H18Cl2N2S/c24-19-10-6-16(7-11-19)14-21-22(18-4-2-1-3-5-18)27-23(28-21)26-15-17-8-12-20(25)13-9-17/h1-13H,14-15H2,(H,26,27). The first-order valence-electron chi connectivity index (χ1n) is 8.95. The van der Waals surface area contributed by atoms with Crippen LogP contribution >= 0.6 is 34.5 Å². The summed E-state index contributed by atoms with van der Waals surface area (Å²) in [6, 6.07) is 26.2. The zero-order chi connectivity index (χ0) is 19.3. The average Bonchev–Trinajstić information content (AvgIpc) is 3.13. The molecule has 0 bridgehead atoms. The second kappa shape index (κ2) is 8.78. The van der Waals surface area contributed by atoms with Crippen LogP contribution in [0.3, 0.4) is 0 Å². The van der Waals surface area contributed by atoms with E-state index in [2.05, 4.69) is 29.6 Å². The summed E-state index contributed by atoms with van der Waals surface area (Å²) < 4.78 is 0. The van der Waals surface area contributed by atoms with E-state index in [9.17, 15) is 0 Å². The third kappa shape index (κ3) is 4.74. The quantitative estimate of drug-likeness (QED) is 0.350. The van der Waals surface area contributed by atoms with Crippen LogP contribution in [0.1, 0.15) is 16.0 Å². The van der Waals surface area contributed by atoms with E-state index in [0.29, 0.717) is 6.54 Å². The maximum absolute atomic E-state index is 6.03. The van der Waals surface area contributed by atoms with Crippen LogP contribution in [0.4, 0.5) is 5.13 Å². The van der Waals surface area contributed by atoms with Gasteiger partial charge in [-0.25, -0.2) is 4.98 Å². The van der Waals surface area contributed by atoms with Crippen molar-refractivity contribution < 1.29 is 0 Å². The van der Waals surface area contributed by atoms with Gasteiger partial charge < -0.3 is 5.32 Å². The Labute approximate surface area is 178 Å². The molecule has 3 aromatic carbocycles. The van der Waals surface area contributed by atoms with Crippen molar-refractivity contribution in [3.8, 4) is 11.3 Å². The first kappa shape index (κ1) is 19.0. The molecule has 0 saturated carbocycles. The van der Waals surface area contributed by atoms with E-state index in [1.807, 2.05) is 54.6 Å². The van der Waals surface area contributed by atoms with Crippen LogP contribution in [0.5, 0.6) is 0 Å². The lowest BCUT2D eigenvalue weighted by Gasteiger charge is -2.03. The number of hydrogen-bond acceptors (Lipinski definition) is 3. The van der Waals surface area contributed by atoms with Crippen LogP contribution in [-0.2, 0) is 13.0 Å². The molecule has 0 spiro atoms. The lowest BCUT2D eigenvalue weighted by Crippen LogP contribution is -1.98. The Hall–Kier alpha value is -2.33. The molecule has 0 aliphatic rings. The molecule has 4 aromatic rings. The third-order valence-corrected chi connectivity index (χ3v) is 5.90. The van der Waals surface area contributed by atoms with Crippen molar-refractivity contribution in [2.24, 2.45) is 0 Å². The zero-order valence-corrected chi connectivity index (χ0v) is 17.4. The lowest BCUT2D eigenvalue weighted by molar-refractivity contribution is 1.13. The summed E-state index contributed by atoms with van der Waals surface area (Å²) >= 11 is 13.7. The number of aromatic nitrogens is 1. The van der Waals surface area contributed by atoms with E-state index in [0.717, 1.165) is 32.9 Å². The SMILES string of the molecule is Clc1ccc(CNc2nc(-c3ccccc3)c(Cc3ccc(Cl)cc3)s2)cc1. The Morgan fingerprint density at radius 2 is 1.36 bits per heavy atom. The molecule has 2 nitrogen and oxygen atoms in total. The molecule has 0 saturated heterocycles. The summed E-state index contributed by atoms with van der Waals surface area (Å²) in [6.07, 6.45) is 0.821. The molecule has 0 fully saturated rings. The van der Waals surface area contributed by atoms with Gasteiger partial charge in [0.1, 0.15) is 0 Å². The van der Waals surface area contributed by atoms with Crippen molar-refractivity contribution in [2.45, 2.75) is 13.0 Å². The highest BCUT2D eigenvalue weighted by atomic mass is 35.5. The van der Waals surface area contributed by atoms with Crippen molar-refractivity contribution in [1.29, 1.82) is 0 Å². The van der Waals surface area contributed by atoms with Gasteiger partial charge in [0.25, 0.3) is 0 Å². The maximum atomic E-state index is 6.03. The number of nitrogens with zero attached hydrogens (tertiary/aromatic N) is 1. The molecule has 5 heteroatoms. The molecule has 0 aliphatic heterocycles. The molecule has 0 aliphatic carbocycles. The van der Waals surface area contributed by atoms with Gasteiger partial charge in [0.2, 0.25) is 0 Å². The lowest BCUT2D eigenvalue weighted by atomic mass is 10.1. The van der Waals surface area contributed by atoms with Gasteiger partial charge in [-0.3, -0.25) is 0 Å². The van der Waals surface area contributed by atoms with Gasteiger partial charge >= 0.3 is 0 Å². The van der Waals surface area contributed by atoms with E-state index < -0.39 is 0 Å². The zero-order valence-electron chi connectivity index (χ0n) is 15.0. The van der Waals surface area contributed by atoms with Gasteiger partial charge in [0.15, 0.2) is 5.13 Å².